The van der Waals surface area contributed by atoms with Crippen molar-refractivity contribution in [1.29, 1.82) is 0 Å². The standard InChI is InChI=1S/C11H17F3N4O/c1-3-5-19-10-8(15)9(16-7-17-10)18(4-2)6-11(12,13)14/h7H,3-6,15H2,1-2H3. The number of nitrogens with zero attached hydrogens (tertiary/aromatic N) is 3. The number of anilines is 2. The van der Waals surface area contributed by atoms with E-state index in [0.29, 0.717) is 6.61 Å². The first-order valence-corrected chi connectivity index (χ1v) is 5.94. The molecule has 0 bridgehead atoms. The van der Waals surface area contributed by atoms with Crippen molar-refractivity contribution in [2.45, 2.75) is 26.4 Å². The minimum atomic E-state index is -4.32. The molecule has 1 aromatic rings. The molecule has 5 nitrogen and oxygen atoms in total. The van der Waals surface area contributed by atoms with E-state index in [1.807, 2.05) is 6.92 Å². The van der Waals surface area contributed by atoms with Crippen molar-refractivity contribution in [3.05, 3.63) is 6.33 Å². The summed E-state index contributed by atoms with van der Waals surface area (Å²) in [7, 11) is 0. The highest BCUT2D eigenvalue weighted by atomic mass is 19.4. The highest BCUT2D eigenvalue weighted by molar-refractivity contribution is 5.67. The lowest BCUT2D eigenvalue weighted by molar-refractivity contribution is -0.119. The summed E-state index contributed by atoms with van der Waals surface area (Å²) in [6.45, 7) is 2.91. The molecule has 1 rings (SSSR count). The fourth-order valence-electron chi connectivity index (χ4n) is 1.49. The van der Waals surface area contributed by atoms with Gasteiger partial charge in [0.1, 0.15) is 18.6 Å². The topological polar surface area (TPSA) is 64.3 Å². The largest absolute Gasteiger partial charge is 0.476 e. The summed E-state index contributed by atoms with van der Waals surface area (Å²) in [5, 5.41) is 0. The van der Waals surface area contributed by atoms with E-state index >= 15 is 0 Å². The Labute approximate surface area is 109 Å². The molecule has 0 radical (unpaired) electrons. The zero-order valence-electron chi connectivity index (χ0n) is 10.9. The molecule has 0 aliphatic carbocycles. The second-order valence-electron chi connectivity index (χ2n) is 3.89. The van der Waals surface area contributed by atoms with Crippen LogP contribution in [0, 0.1) is 0 Å². The molecular formula is C11H17F3N4O. The van der Waals surface area contributed by atoms with Gasteiger partial charge in [-0.05, 0) is 13.3 Å². The minimum absolute atomic E-state index is 0.0297. The number of rotatable bonds is 6. The molecule has 19 heavy (non-hydrogen) atoms. The van der Waals surface area contributed by atoms with Crippen LogP contribution < -0.4 is 15.4 Å². The summed E-state index contributed by atoms with van der Waals surface area (Å²) < 4.78 is 42.6. The Morgan fingerprint density at radius 2 is 2.00 bits per heavy atom. The molecule has 108 valence electrons. The maximum Gasteiger partial charge on any atom is 0.405 e. The number of alkyl halides is 3. The normalized spacial score (nSPS) is 11.4. The maximum atomic E-state index is 12.5. The Bertz CT molecular complexity index is 411. The lowest BCUT2D eigenvalue weighted by atomic mass is 10.4. The summed E-state index contributed by atoms with van der Waals surface area (Å²) in [6.07, 6.45) is -2.42. The van der Waals surface area contributed by atoms with Gasteiger partial charge < -0.3 is 15.4 Å². The summed E-state index contributed by atoms with van der Waals surface area (Å²) in [4.78, 5) is 8.67. The molecule has 0 atom stereocenters. The Hall–Kier alpha value is -1.73. The lowest BCUT2D eigenvalue weighted by Crippen LogP contribution is -2.35. The molecule has 8 heteroatoms. The molecule has 0 aliphatic heterocycles. The average Bonchev–Trinajstić information content (AvgIpc) is 2.34. The van der Waals surface area contributed by atoms with Crippen LogP contribution in [0.3, 0.4) is 0 Å². The summed E-state index contributed by atoms with van der Waals surface area (Å²) >= 11 is 0. The fourth-order valence-corrected chi connectivity index (χ4v) is 1.49. The number of aromatic nitrogens is 2. The molecule has 2 N–H and O–H groups in total. The van der Waals surface area contributed by atoms with E-state index in [1.54, 1.807) is 6.92 Å². The monoisotopic (exact) mass is 278 g/mol. The SMILES string of the molecule is CCCOc1ncnc(N(CC)CC(F)(F)F)c1N. The smallest absolute Gasteiger partial charge is 0.405 e. The maximum absolute atomic E-state index is 12.5. The number of nitrogen functional groups attached to an aromatic ring is 1. The molecule has 0 spiro atoms. The minimum Gasteiger partial charge on any atom is -0.476 e. The quantitative estimate of drug-likeness (QED) is 0.864. The summed E-state index contributed by atoms with van der Waals surface area (Å²) in [5.74, 6) is 0.161. The van der Waals surface area contributed by atoms with Crippen molar-refractivity contribution < 1.29 is 17.9 Å². The average molecular weight is 278 g/mol. The van der Waals surface area contributed by atoms with Crippen molar-refractivity contribution in [1.82, 2.24) is 9.97 Å². The number of ether oxygens (including phenoxy) is 1. The van der Waals surface area contributed by atoms with Crippen LogP contribution in [0.15, 0.2) is 6.33 Å². The van der Waals surface area contributed by atoms with Crippen LogP contribution in [0.5, 0.6) is 5.88 Å². The molecule has 0 unspecified atom stereocenters. The van der Waals surface area contributed by atoms with Gasteiger partial charge in [-0.15, -0.1) is 0 Å². The Kier molecular flexibility index (Phi) is 5.20. The molecule has 1 heterocycles. The van der Waals surface area contributed by atoms with E-state index in [0.717, 1.165) is 17.6 Å². The van der Waals surface area contributed by atoms with Gasteiger partial charge in [0, 0.05) is 6.54 Å². The summed E-state index contributed by atoms with van der Waals surface area (Å²) in [5.41, 5.74) is 5.79. The van der Waals surface area contributed by atoms with Gasteiger partial charge in [0.15, 0.2) is 5.82 Å². The predicted molar refractivity (Wildman–Crippen MR) is 66.2 cm³/mol. The van der Waals surface area contributed by atoms with Crippen LogP contribution in [-0.4, -0.2) is 35.8 Å². The summed E-state index contributed by atoms with van der Waals surface area (Å²) in [6, 6.07) is 0. The fraction of sp³-hybridized carbons (Fsp3) is 0.636. The van der Waals surface area contributed by atoms with Crippen molar-refractivity contribution >= 4 is 11.5 Å². The first-order valence-electron chi connectivity index (χ1n) is 5.94. The second-order valence-corrected chi connectivity index (χ2v) is 3.89. The van der Waals surface area contributed by atoms with Gasteiger partial charge in [0.25, 0.3) is 0 Å². The van der Waals surface area contributed by atoms with Gasteiger partial charge >= 0.3 is 6.18 Å². The molecule has 0 saturated heterocycles. The van der Waals surface area contributed by atoms with Gasteiger partial charge in [-0.25, -0.2) is 4.98 Å². The highest BCUT2D eigenvalue weighted by Crippen LogP contribution is 2.29. The van der Waals surface area contributed by atoms with Gasteiger partial charge in [-0.3, -0.25) is 0 Å². The molecule has 0 amide bonds. The number of hydrogen-bond donors (Lipinski definition) is 1. The number of nitrogens with two attached hydrogens (primary N) is 1. The van der Waals surface area contributed by atoms with Crippen molar-refractivity contribution in [3.8, 4) is 5.88 Å². The van der Waals surface area contributed by atoms with Gasteiger partial charge in [0.05, 0.1) is 6.61 Å². The molecule has 0 fully saturated rings. The van der Waals surface area contributed by atoms with E-state index in [2.05, 4.69) is 9.97 Å². The van der Waals surface area contributed by atoms with Gasteiger partial charge in [-0.1, -0.05) is 6.92 Å². The highest BCUT2D eigenvalue weighted by Gasteiger charge is 2.32. The zero-order valence-corrected chi connectivity index (χ0v) is 10.9. The van der Waals surface area contributed by atoms with Crippen LogP contribution in [0.25, 0.3) is 0 Å². The predicted octanol–water partition coefficient (Wildman–Crippen LogP) is 2.24. The molecule has 1 aromatic heterocycles. The first kappa shape index (κ1) is 15.3. The van der Waals surface area contributed by atoms with Crippen molar-refractivity contribution in [2.75, 3.05) is 30.3 Å². The number of hydrogen-bond acceptors (Lipinski definition) is 5. The molecule has 0 aliphatic rings. The van der Waals surface area contributed by atoms with Crippen LogP contribution in [0.2, 0.25) is 0 Å². The van der Waals surface area contributed by atoms with E-state index in [9.17, 15) is 13.2 Å². The van der Waals surface area contributed by atoms with Crippen LogP contribution >= 0.6 is 0 Å². The van der Waals surface area contributed by atoms with E-state index in [1.165, 1.54) is 0 Å². The lowest BCUT2D eigenvalue weighted by Gasteiger charge is -2.24. The molecule has 0 saturated carbocycles. The van der Waals surface area contributed by atoms with Crippen LogP contribution in [-0.2, 0) is 0 Å². The third kappa shape index (κ3) is 4.46. The third-order valence-electron chi connectivity index (χ3n) is 2.32. The van der Waals surface area contributed by atoms with Crippen LogP contribution in [0.1, 0.15) is 20.3 Å². The van der Waals surface area contributed by atoms with E-state index in [4.69, 9.17) is 10.5 Å². The molecular weight excluding hydrogens is 261 g/mol. The van der Waals surface area contributed by atoms with Gasteiger partial charge in [-0.2, -0.15) is 18.2 Å². The first-order chi connectivity index (χ1) is 8.89. The molecule has 0 aromatic carbocycles. The van der Waals surface area contributed by atoms with E-state index < -0.39 is 12.7 Å². The van der Waals surface area contributed by atoms with Crippen molar-refractivity contribution in [2.24, 2.45) is 0 Å². The Balaban J connectivity index is 2.97. The van der Waals surface area contributed by atoms with Gasteiger partial charge in [0.2, 0.25) is 5.88 Å². The van der Waals surface area contributed by atoms with E-state index in [-0.39, 0.29) is 23.9 Å². The van der Waals surface area contributed by atoms with Crippen molar-refractivity contribution in [3.63, 3.8) is 0 Å². The Morgan fingerprint density at radius 1 is 1.32 bits per heavy atom. The third-order valence-corrected chi connectivity index (χ3v) is 2.32. The zero-order chi connectivity index (χ0) is 14.5. The second kappa shape index (κ2) is 6.44. The number of halogens is 3. The van der Waals surface area contributed by atoms with Crippen LogP contribution in [0.4, 0.5) is 24.7 Å². The Morgan fingerprint density at radius 3 is 2.53 bits per heavy atom.